The molecule has 1 amide bonds. The summed E-state index contributed by atoms with van der Waals surface area (Å²) in [7, 11) is 0. The number of carbonyl (C=O) groups excluding carboxylic acids is 1. The summed E-state index contributed by atoms with van der Waals surface area (Å²) in [6.07, 6.45) is 5.56. The molecule has 0 saturated heterocycles. The van der Waals surface area contributed by atoms with Gasteiger partial charge in [-0.15, -0.1) is 0 Å². The summed E-state index contributed by atoms with van der Waals surface area (Å²) in [6.45, 7) is 8.20. The second-order valence-corrected chi connectivity index (χ2v) is 5.95. The second-order valence-electron chi connectivity index (χ2n) is 5.95. The molecule has 0 bridgehead atoms. The predicted octanol–water partition coefficient (Wildman–Crippen LogP) is 2.68. The molecule has 1 aliphatic carbocycles. The maximum Gasteiger partial charge on any atom is 0.254 e. The summed E-state index contributed by atoms with van der Waals surface area (Å²) in [6, 6.07) is 1.85. The molecule has 19 heavy (non-hydrogen) atoms. The van der Waals surface area contributed by atoms with Gasteiger partial charge in [-0.05, 0) is 30.2 Å². The molecule has 1 aromatic heterocycles. The first-order chi connectivity index (χ1) is 9.04. The first-order valence-corrected chi connectivity index (χ1v) is 7.00. The second kappa shape index (κ2) is 5.59. The number of aromatic nitrogens is 1. The molecule has 4 heteroatoms. The lowest BCUT2D eigenvalue weighted by Gasteiger charge is -2.11. The van der Waals surface area contributed by atoms with Crippen LogP contribution in [0.3, 0.4) is 0 Å². The maximum absolute atomic E-state index is 12.2. The van der Waals surface area contributed by atoms with Crippen molar-refractivity contribution in [2.45, 2.75) is 33.6 Å². The summed E-state index contributed by atoms with van der Waals surface area (Å²) < 4.78 is 0. The van der Waals surface area contributed by atoms with Crippen molar-refractivity contribution < 1.29 is 4.79 Å². The third-order valence-electron chi connectivity index (χ3n) is 3.86. The smallest absolute Gasteiger partial charge is 0.254 e. The molecule has 104 valence electrons. The molecule has 2 N–H and O–H groups in total. The van der Waals surface area contributed by atoms with E-state index in [1.54, 1.807) is 12.4 Å². The number of anilines is 1. The van der Waals surface area contributed by atoms with Crippen molar-refractivity contribution in [2.24, 2.45) is 11.3 Å². The van der Waals surface area contributed by atoms with Gasteiger partial charge in [0.05, 0.1) is 11.3 Å². The third-order valence-corrected chi connectivity index (χ3v) is 3.86. The van der Waals surface area contributed by atoms with Crippen LogP contribution in [0.15, 0.2) is 18.5 Å². The summed E-state index contributed by atoms with van der Waals surface area (Å²) >= 11 is 0. The van der Waals surface area contributed by atoms with Crippen LogP contribution in [0.2, 0.25) is 0 Å². The molecule has 2 rings (SSSR count). The average Bonchev–Trinajstić information content (AvgIpc) is 3.01. The number of carbonyl (C=O) groups is 1. The molecule has 0 radical (unpaired) electrons. The van der Waals surface area contributed by atoms with Crippen LogP contribution >= 0.6 is 0 Å². The number of nitrogens with one attached hydrogen (secondary N) is 2. The Labute approximate surface area is 115 Å². The first-order valence-electron chi connectivity index (χ1n) is 7.00. The third kappa shape index (κ3) is 3.46. The minimum Gasteiger partial charge on any atom is -0.384 e. The van der Waals surface area contributed by atoms with E-state index in [1.165, 1.54) is 6.42 Å². The van der Waals surface area contributed by atoms with Crippen LogP contribution in [-0.4, -0.2) is 24.0 Å². The van der Waals surface area contributed by atoms with Crippen LogP contribution < -0.4 is 10.6 Å². The van der Waals surface area contributed by atoms with Crippen molar-refractivity contribution in [3.8, 4) is 0 Å². The molecular formula is C15H23N3O. The van der Waals surface area contributed by atoms with E-state index in [0.717, 1.165) is 25.2 Å². The standard InChI is InChI=1S/C15H23N3O/c1-4-6-17-13-5-7-16-10-12(13)14(19)18-9-11-8-15(11,2)3/h5,7,10-11H,4,6,8-9H2,1-3H3,(H,16,17)(H,18,19). The number of rotatable bonds is 6. The largest absolute Gasteiger partial charge is 0.384 e. The Morgan fingerprint density at radius 1 is 1.53 bits per heavy atom. The molecule has 0 aromatic carbocycles. The monoisotopic (exact) mass is 261 g/mol. The Morgan fingerprint density at radius 2 is 2.26 bits per heavy atom. The number of hydrogen-bond donors (Lipinski definition) is 2. The van der Waals surface area contributed by atoms with Gasteiger partial charge in [-0.25, -0.2) is 0 Å². The summed E-state index contributed by atoms with van der Waals surface area (Å²) in [5.74, 6) is 0.578. The highest BCUT2D eigenvalue weighted by molar-refractivity contribution is 5.99. The van der Waals surface area contributed by atoms with Gasteiger partial charge in [0, 0.05) is 25.5 Å². The highest BCUT2D eigenvalue weighted by Gasteiger charge is 2.45. The first kappa shape index (κ1) is 13.8. The Bertz CT molecular complexity index is 456. The number of hydrogen-bond acceptors (Lipinski definition) is 3. The number of amides is 1. The number of nitrogens with zero attached hydrogens (tertiary/aromatic N) is 1. The van der Waals surface area contributed by atoms with E-state index in [4.69, 9.17) is 0 Å². The van der Waals surface area contributed by atoms with Crippen LogP contribution in [0.1, 0.15) is 44.0 Å². The van der Waals surface area contributed by atoms with Crippen LogP contribution in [0.5, 0.6) is 0 Å². The van der Waals surface area contributed by atoms with Crippen molar-refractivity contribution in [2.75, 3.05) is 18.4 Å². The molecule has 1 unspecified atom stereocenters. The topological polar surface area (TPSA) is 54.0 Å². The lowest BCUT2D eigenvalue weighted by molar-refractivity contribution is 0.0951. The predicted molar refractivity (Wildman–Crippen MR) is 77.2 cm³/mol. The molecule has 1 heterocycles. The van der Waals surface area contributed by atoms with Gasteiger partial charge in [-0.2, -0.15) is 0 Å². The Balaban J connectivity index is 1.94. The molecule has 0 aliphatic heterocycles. The molecule has 1 fully saturated rings. The summed E-state index contributed by atoms with van der Waals surface area (Å²) in [5.41, 5.74) is 1.89. The fourth-order valence-electron chi connectivity index (χ4n) is 2.22. The van der Waals surface area contributed by atoms with Gasteiger partial charge < -0.3 is 10.6 Å². The lowest BCUT2D eigenvalue weighted by Crippen LogP contribution is -2.27. The lowest BCUT2D eigenvalue weighted by atomic mass is 10.1. The molecule has 1 aliphatic rings. The zero-order chi connectivity index (χ0) is 13.9. The SMILES string of the molecule is CCCNc1ccncc1C(=O)NCC1CC1(C)C. The maximum atomic E-state index is 12.2. The van der Waals surface area contributed by atoms with E-state index in [1.807, 2.05) is 6.07 Å². The Morgan fingerprint density at radius 3 is 2.89 bits per heavy atom. The van der Waals surface area contributed by atoms with E-state index in [0.29, 0.717) is 16.9 Å². The molecule has 1 aromatic rings. The van der Waals surface area contributed by atoms with Gasteiger partial charge in [0.25, 0.3) is 5.91 Å². The van der Waals surface area contributed by atoms with Gasteiger partial charge >= 0.3 is 0 Å². The highest BCUT2D eigenvalue weighted by atomic mass is 16.1. The van der Waals surface area contributed by atoms with Crippen molar-refractivity contribution in [1.82, 2.24) is 10.3 Å². The van der Waals surface area contributed by atoms with E-state index in [2.05, 4.69) is 36.4 Å². The fraction of sp³-hybridized carbons (Fsp3) is 0.600. The highest BCUT2D eigenvalue weighted by Crippen LogP contribution is 2.50. The van der Waals surface area contributed by atoms with Gasteiger partial charge in [-0.1, -0.05) is 20.8 Å². The van der Waals surface area contributed by atoms with E-state index >= 15 is 0 Å². The van der Waals surface area contributed by atoms with Crippen LogP contribution in [0, 0.1) is 11.3 Å². The molecule has 4 nitrogen and oxygen atoms in total. The van der Waals surface area contributed by atoms with Gasteiger partial charge in [0.2, 0.25) is 0 Å². The number of pyridine rings is 1. The van der Waals surface area contributed by atoms with E-state index < -0.39 is 0 Å². The van der Waals surface area contributed by atoms with Crippen LogP contribution in [0.25, 0.3) is 0 Å². The van der Waals surface area contributed by atoms with Crippen molar-refractivity contribution >= 4 is 11.6 Å². The van der Waals surface area contributed by atoms with Gasteiger partial charge in [0.15, 0.2) is 0 Å². The molecule has 1 atom stereocenters. The van der Waals surface area contributed by atoms with Gasteiger partial charge in [0.1, 0.15) is 0 Å². The Hall–Kier alpha value is -1.58. The summed E-state index contributed by atoms with van der Waals surface area (Å²) in [5, 5.41) is 6.28. The average molecular weight is 261 g/mol. The Kier molecular flexibility index (Phi) is 4.08. The summed E-state index contributed by atoms with van der Waals surface area (Å²) in [4.78, 5) is 16.2. The van der Waals surface area contributed by atoms with Crippen molar-refractivity contribution in [3.05, 3.63) is 24.0 Å². The molecular weight excluding hydrogens is 238 g/mol. The fourth-order valence-corrected chi connectivity index (χ4v) is 2.22. The van der Waals surface area contributed by atoms with E-state index in [-0.39, 0.29) is 5.91 Å². The zero-order valence-electron chi connectivity index (χ0n) is 12.0. The quantitative estimate of drug-likeness (QED) is 0.827. The normalized spacial score (nSPS) is 19.8. The van der Waals surface area contributed by atoms with E-state index in [9.17, 15) is 4.79 Å². The van der Waals surface area contributed by atoms with Gasteiger partial charge in [-0.3, -0.25) is 9.78 Å². The van der Waals surface area contributed by atoms with Crippen molar-refractivity contribution in [3.63, 3.8) is 0 Å². The van der Waals surface area contributed by atoms with Crippen LogP contribution in [0.4, 0.5) is 5.69 Å². The van der Waals surface area contributed by atoms with Crippen LogP contribution in [-0.2, 0) is 0 Å². The van der Waals surface area contributed by atoms with Crippen molar-refractivity contribution in [1.29, 1.82) is 0 Å². The molecule has 0 spiro atoms. The minimum absolute atomic E-state index is 0.0330. The molecule has 1 saturated carbocycles. The minimum atomic E-state index is -0.0330. The zero-order valence-corrected chi connectivity index (χ0v) is 12.0.